The summed E-state index contributed by atoms with van der Waals surface area (Å²) < 4.78 is 5.23. The standard InChI is InChI=1S/C14H23N3O/c1-3-17(13-6-7-13)10-9-15-11-12-5-4-8-16-14(12)18-2/h4-5,8,13,15H,3,6-7,9-11H2,1-2H3. The van der Waals surface area contributed by atoms with Gasteiger partial charge in [0.1, 0.15) is 0 Å². The van der Waals surface area contributed by atoms with Gasteiger partial charge in [0.15, 0.2) is 0 Å². The minimum Gasteiger partial charge on any atom is -0.481 e. The van der Waals surface area contributed by atoms with Crippen LogP contribution in [0.2, 0.25) is 0 Å². The monoisotopic (exact) mass is 249 g/mol. The Morgan fingerprint density at radius 1 is 1.50 bits per heavy atom. The molecule has 1 aromatic rings. The van der Waals surface area contributed by atoms with E-state index in [4.69, 9.17) is 4.74 Å². The number of hydrogen-bond acceptors (Lipinski definition) is 4. The zero-order valence-corrected chi connectivity index (χ0v) is 11.4. The van der Waals surface area contributed by atoms with Gasteiger partial charge in [-0.25, -0.2) is 4.98 Å². The van der Waals surface area contributed by atoms with E-state index in [1.807, 2.05) is 6.07 Å². The van der Waals surface area contributed by atoms with Crippen molar-refractivity contribution in [2.24, 2.45) is 0 Å². The number of ether oxygens (including phenoxy) is 1. The zero-order chi connectivity index (χ0) is 12.8. The van der Waals surface area contributed by atoms with Crippen molar-refractivity contribution in [2.75, 3.05) is 26.7 Å². The molecule has 0 unspecified atom stereocenters. The largest absolute Gasteiger partial charge is 0.481 e. The minimum atomic E-state index is 0.722. The van der Waals surface area contributed by atoms with E-state index in [0.29, 0.717) is 0 Å². The Kier molecular flexibility index (Phi) is 4.96. The molecule has 0 amide bonds. The summed E-state index contributed by atoms with van der Waals surface area (Å²) in [5.74, 6) is 0.722. The molecule has 2 rings (SSSR count). The molecule has 0 aliphatic heterocycles. The van der Waals surface area contributed by atoms with Gasteiger partial charge in [-0.05, 0) is 25.5 Å². The third-order valence-corrected chi connectivity index (χ3v) is 3.40. The number of nitrogens with zero attached hydrogens (tertiary/aromatic N) is 2. The molecule has 1 aliphatic rings. The summed E-state index contributed by atoms with van der Waals surface area (Å²) in [6, 6.07) is 4.85. The third-order valence-electron chi connectivity index (χ3n) is 3.40. The first-order valence-electron chi connectivity index (χ1n) is 6.77. The summed E-state index contributed by atoms with van der Waals surface area (Å²) in [6.07, 6.45) is 4.52. The molecule has 100 valence electrons. The second-order valence-corrected chi connectivity index (χ2v) is 4.71. The summed E-state index contributed by atoms with van der Waals surface area (Å²) >= 11 is 0. The maximum Gasteiger partial charge on any atom is 0.217 e. The number of likely N-dealkylation sites (N-methyl/N-ethyl adjacent to an activating group) is 1. The highest BCUT2D eigenvalue weighted by atomic mass is 16.5. The lowest BCUT2D eigenvalue weighted by Crippen LogP contribution is -2.33. The predicted octanol–water partition coefficient (Wildman–Crippen LogP) is 1.66. The fourth-order valence-corrected chi connectivity index (χ4v) is 2.23. The van der Waals surface area contributed by atoms with Gasteiger partial charge >= 0.3 is 0 Å². The molecule has 1 fully saturated rings. The Balaban J connectivity index is 1.71. The van der Waals surface area contributed by atoms with Crippen molar-refractivity contribution < 1.29 is 4.74 Å². The first-order chi connectivity index (χ1) is 8.85. The quantitative estimate of drug-likeness (QED) is 0.711. The maximum atomic E-state index is 5.23. The van der Waals surface area contributed by atoms with Crippen LogP contribution in [0.15, 0.2) is 18.3 Å². The van der Waals surface area contributed by atoms with E-state index < -0.39 is 0 Å². The lowest BCUT2D eigenvalue weighted by atomic mass is 10.2. The molecule has 1 aliphatic carbocycles. The van der Waals surface area contributed by atoms with Crippen LogP contribution in [-0.4, -0.2) is 42.7 Å². The topological polar surface area (TPSA) is 37.4 Å². The van der Waals surface area contributed by atoms with Crippen molar-refractivity contribution in [3.63, 3.8) is 0 Å². The molecule has 4 nitrogen and oxygen atoms in total. The average Bonchev–Trinajstić information content (AvgIpc) is 3.24. The lowest BCUT2D eigenvalue weighted by Gasteiger charge is -2.19. The van der Waals surface area contributed by atoms with Crippen molar-refractivity contribution in [3.8, 4) is 5.88 Å². The van der Waals surface area contributed by atoms with Crippen LogP contribution in [0.5, 0.6) is 5.88 Å². The van der Waals surface area contributed by atoms with Crippen LogP contribution in [0, 0.1) is 0 Å². The number of methoxy groups -OCH3 is 1. The fraction of sp³-hybridized carbons (Fsp3) is 0.643. The van der Waals surface area contributed by atoms with Gasteiger partial charge in [0.05, 0.1) is 7.11 Å². The van der Waals surface area contributed by atoms with E-state index in [1.165, 1.54) is 12.8 Å². The second-order valence-electron chi connectivity index (χ2n) is 4.71. The molecule has 18 heavy (non-hydrogen) atoms. The molecule has 1 saturated carbocycles. The van der Waals surface area contributed by atoms with Gasteiger partial charge in [-0.2, -0.15) is 0 Å². The predicted molar refractivity (Wildman–Crippen MR) is 72.8 cm³/mol. The van der Waals surface area contributed by atoms with Crippen LogP contribution in [0.3, 0.4) is 0 Å². The first kappa shape index (κ1) is 13.3. The normalized spacial score (nSPS) is 15.1. The molecular formula is C14H23N3O. The van der Waals surface area contributed by atoms with Crippen molar-refractivity contribution in [3.05, 3.63) is 23.9 Å². The van der Waals surface area contributed by atoms with Crippen LogP contribution in [0.4, 0.5) is 0 Å². The molecule has 1 heterocycles. The van der Waals surface area contributed by atoms with E-state index in [0.717, 1.165) is 43.7 Å². The van der Waals surface area contributed by atoms with Crippen LogP contribution in [-0.2, 0) is 6.54 Å². The summed E-state index contributed by atoms with van der Waals surface area (Å²) in [5.41, 5.74) is 1.12. The number of pyridine rings is 1. The molecular weight excluding hydrogens is 226 g/mol. The van der Waals surface area contributed by atoms with E-state index in [2.05, 4.69) is 28.2 Å². The molecule has 0 spiro atoms. The molecule has 1 aromatic heterocycles. The summed E-state index contributed by atoms with van der Waals surface area (Å²) in [6.45, 7) is 6.36. The van der Waals surface area contributed by atoms with Crippen LogP contribution in [0.1, 0.15) is 25.3 Å². The molecule has 0 atom stereocenters. The van der Waals surface area contributed by atoms with Crippen LogP contribution < -0.4 is 10.1 Å². The van der Waals surface area contributed by atoms with E-state index >= 15 is 0 Å². The van der Waals surface area contributed by atoms with E-state index in [1.54, 1.807) is 13.3 Å². The average molecular weight is 249 g/mol. The summed E-state index contributed by atoms with van der Waals surface area (Å²) in [5, 5.41) is 3.46. The summed E-state index contributed by atoms with van der Waals surface area (Å²) in [4.78, 5) is 6.74. The molecule has 0 saturated heterocycles. The molecule has 0 radical (unpaired) electrons. The van der Waals surface area contributed by atoms with Gasteiger partial charge in [0, 0.05) is 37.4 Å². The van der Waals surface area contributed by atoms with Crippen molar-refractivity contribution in [1.82, 2.24) is 15.2 Å². The highest BCUT2D eigenvalue weighted by Gasteiger charge is 2.26. The van der Waals surface area contributed by atoms with Gasteiger partial charge in [0.2, 0.25) is 5.88 Å². The number of aromatic nitrogens is 1. The van der Waals surface area contributed by atoms with Crippen LogP contribution in [0.25, 0.3) is 0 Å². The Labute approximate surface area is 109 Å². The van der Waals surface area contributed by atoms with Crippen molar-refractivity contribution in [2.45, 2.75) is 32.4 Å². The third kappa shape index (κ3) is 3.68. The Morgan fingerprint density at radius 2 is 2.33 bits per heavy atom. The second kappa shape index (κ2) is 6.71. The van der Waals surface area contributed by atoms with Crippen molar-refractivity contribution >= 4 is 0 Å². The molecule has 4 heteroatoms. The van der Waals surface area contributed by atoms with E-state index in [9.17, 15) is 0 Å². The van der Waals surface area contributed by atoms with Gasteiger partial charge in [0.25, 0.3) is 0 Å². The van der Waals surface area contributed by atoms with E-state index in [-0.39, 0.29) is 0 Å². The minimum absolute atomic E-state index is 0.722. The number of rotatable bonds is 8. The van der Waals surface area contributed by atoms with Gasteiger partial charge in [-0.15, -0.1) is 0 Å². The highest BCUT2D eigenvalue weighted by Crippen LogP contribution is 2.25. The van der Waals surface area contributed by atoms with Crippen molar-refractivity contribution in [1.29, 1.82) is 0 Å². The number of nitrogens with one attached hydrogen (secondary N) is 1. The molecule has 1 N–H and O–H groups in total. The van der Waals surface area contributed by atoms with Crippen LogP contribution >= 0.6 is 0 Å². The SMILES string of the molecule is CCN(CCNCc1cccnc1OC)C1CC1. The lowest BCUT2D eigenvalue weighted by molar-refractivity contribution is 0.276. The maximum absolute atomic E-state index is 5.23. The molecule has 0 bridgehead atoms. The Bertz CT molecular complexity index is 366. The zero-order valence-electron chi connectivity index (χ0n) is 11.4. The molecule has 0 aromatic carbocycles. The Morgan fingerprint density at radius 3 is 3.00 bits per heavy atom. The fourth-order valence-electron chi connectivity index (χ4n) is 2.23. The highest BCUT2D eigenvalue weighted by molar-refractivity contribution is 5.24. The first-order valence-corrected chi connectivity index (χ1v) is 6.77. The number of hydrogen-bond donors (Lipinski definition) is 1. The van der Waals surface area contributed by atoms with Gasteiger partial charge in [-0.3, -0.25) is 4.90 Å². The summed E-state index contributed by atoms with van der Waals surface area (Å²) in [7, 11) is 1.66. The van der Waals surface area contributed by atoms with Gasteiger partial charge in [-0.1, -0.05) is 13.0 Å². The van der Waals surface area contributed by atoms with Gasteiger partial charge < -0.3 is 10.1 Å². The smallest absolute Gasteiger partial charge is 0.217 e. The Hall–Kier alpha value is -1.13.